The fourth-order valence-corrected chi connectivity index (χ4v) is 4.88. The summed E-state index contributed by atoms with van der Waals surface area (Å²) in [6.45, 7) is 0.190. The Kier molecular flexibility index (Phi) is 5.08. The number of rotatable bonds is 5. The molecule has 1 amide bonds. The largest absolute Gasteiger partial charge is 0.365 e. The highest BCUT2D eigenvalue weighted by Crippen LogP contribution is 2.25. The summed E-state index contributed by atoms with van der Waals surface area (Å²) in [5.74, 6) is 0.0746. The highest BCUT2D eigenvalue weighted by Gasteiger charge is 2.35. The molecular weight excluding hydrogens is 336 g/mol. The molecule has 0 N–H and O–H groups in total. The van der Waals surface area contributed by atoms with Crippen molar-refractivity contribution in [3.8, 4) is 0 Å². The Morgan fingerprint density at radius 1 is 1.00 bits per heavy atom. The molecule has 0 aromatic heterocycles. The van der Waals surface area contributed by atoms with Crippen LogP contribution in [-0.2, 0) is 14.6 Å². The zero-order chi connectivity index (χ0) is 17.9. The third-order valence-electron chi connectivity index (χ3n) is 4.45. The summed E-state index contributed by atoms with van der Waals surface area (Å²) in [5.41, 5.74) is 1.69. The molecule has 132 valence electrons. The van der Waals surface area contributed by atoms with E-state index in [2.05, 4.69) is 0 Å². The molecule has 3 rings (SSSR count). The van der Waals surface area contributed by atoms with Crippen molar-refractivity contribution >= 4 is 27.1 Å². The van der Waals surface area contributed by atoms with E-state index in [-0.39, 0.29) is 30.0 Å². The van der Waals surface area contributed by atoms with E-state index in [1.54, 1.807) is 4.90 Å². The number of anilines is 2. The first-order valence-electron chi connectivity index (χ1n) is 8.30. The van der Waals surface area contributed by atoms with Gasteiger partial charge in [-0.25, -0.2) is 8.42 Å². The van der Waals surface area contributed by atoms with Gasteiger partial charge in [-0.3, -0.25) is 4.79 Å². The van der Waals surface area contributed by atoms with Gasteiger partial charge in [0.2, 0.25) is 5.91 Å². The summed E-state index contributed by atoms with van der Waals surface area (Å²) < 4.78 is 23.8. The van der Waals surface area contributed by atoms with Crippen molar-refractivity contribution in [3.05, 3.63) is 60.7 Å². The fraction of sp³-hybridized carbons (Fsp3) is 0.316. The molecular formula is C19H22N2O3S. The van der Waals surface area contributed by atoms with E-state index in [0.717, 1.165) is 11.4 Å². The Morgan fingerprint density at radius 2 is 1.56 bits per heavy atom. The lowest BCUT2D eigenvalue weighted by molar-refractivity contribution is -0.117. The molecule has 0 radical (unpaired) electrons. The third kappa shape index (κ3) is 4.20. The second kappa shape index (κ2) is 7.27. The second-order valence-electron chi connectivity index (χ2n) is 6.35. The minimum atomic E-state index is -3.07. The molecule has 1 heterocycles. The van der Waals surface area contributed by atoms with Crippen LogP contribution < -0.4 is 9.80 Å². The van der Waals surface area contributed by atoms with Crippen LogP contribution in [0.25, 0.3) is 0 Å². The topological polar surface area (TPSA) is 57.7 Å². The van der Waals surface area contributed by atoms with E-state index in [1.807, 2.05) is 72.6 Å². The predicted octanol–water partition coefficient (Wildman–Crippen LogP) is 2.34. The lowest BCUT2D eigenvalue weighted by Gasteiger charge is -2.30. The summed E-state index contributed by atoms with van der Waals surface area (Å²) >= 11 is 0. The third-order valence-corrected chi connectivity index (χ3v) is 6.20. The van der Waals surface area contributed by atoms with E-state index >= 15 is 0 Å². The summed E-state index contributed by atoms with van der Waals surface area (Å²) in [4.78, 5) is 16.5. The molecule has 2 aromatic rings. The molecule has 0 unspecified atom stereocenters. The van der Waals surface area contributed by atoms with Crippen molar-refractivity contribution in [2.75, 3.05) is 34.9 Å². The van der Waals surface area contributed by atoms with Crippen LogP contribution in [0, 0.1) is 0 Å². The summed E-state index contributed by atoms with van der Waals surface area (Å²) in [7, 11) is -1.21. The van der Waals surface area contributed by atoms with Crippen LogP contribution >= 0.6 is 0 Å². The molecule has 25 heavy (non-hydrogen) atoms. The minimum absolute atomic E-state index is 0.0304. The van der Waals surface area contributed by atoms with Gasteiger partial charge in [-0.2, -0.15) is 0 Å². The van der Waals surface area contributed by atoms with Gasteiger partial charge in [-0.15, -0.1) is 0 Å². The molecule has 1 aliphatic rings. The Bertz CT molecular complexity index is 822. The van der Waals surface area contributed by atoms with Crippen LogP contribution in [0.4, 0.5) is 11.4 Å². The molecule has 5 nitrogen and oxygen atoms in total. The number of hydrogen-bond donors (Lipinski definition) is 0. The van der Waals surface area contributed by atoms with Gasteiger partial charge in [0, 0.05) is 18.4 Å². The lowest BCUT2D eigenvalue weighted by atomic mass is 10.1. The van der Waals surface area contributed by atoms with E-state index in [0.29, 0.717) is 6.42 Å². The van der Waals surface area contributed by atoms with Gasteiger partial charge in [0.05, 0.1) is 24.1 Å². The van der Waals surface area contributed by atoms with Crippen LogP contribution in [0.2, 0.25) is 0 Å². The standard InChI is InChI=1S/C19H22N2O3S/c1-20(16-8-4-2-5-9-16)14-19(22)21(17-10-6-3-7-11-17)18-12-13-25(23,24)15-18/h2-11,18H,12-15H2,1H3/t18-/m1/s1. The SMILES string of the molecule is CN(CC(=O)N(c1ccccc1)[C@@H]1CCS(=O)(=O)C1)c1ccccc1. The zero-order valence-electron chi connectivity index (χ0n) is 14.2. The maximum absolute atomic E-state index is 13.0. The summed E-state index contributed by atoms with van der Waals surface area (Å²) in [5, 5.41) is 0. The van der Waals surface area contributed by atoms with Crippen molar-refractivity contribution in [1.29, 1.82) is 0 Å². The molecule has 0 aliphatic carbocycles. The monoisotopic (exact) mass is 358 g/mol. The summed E-state index contributed by atoms with van der Waals surface area (Å²) in [6, 6.07) is 18.7. The highest BCUT2D eigenvalue weighted by molar-refractivity contribution is 7.91. The molecule has 1 aliphatic heterocycles. The number of carbonyl (C=O) groups is 1. The van der Waals surface area contributed by atoms with Crippen LogP contribution in [0.15, 0.2) is 60.7 Å². The number of sulfone groups is 1. The number of nitrogens with zero attached hydrogens (tertiary/aromatic N) is 2. The Hall–Kier alpha value is -2.34. The van der Waals surface area contributed by atoms with E-state index < -0.39 is 9.84 Å². The number of carbonyl (C=O) groups excluding carboxylic acids is 1. The first-order valence-corrected chi connectivity index (χ1v) is 10.1. The quantitative estimate of drug-likeness (QED) is 0.823. The van der Waals surface area contributed by atoms with Gasteiger partial charge in [0.15, 0.2) is 9.84 Å². The second-order valence-corrected chi connectivity index (χ2v) is 8.58. The molecule has 1 atom stereocenters. The average molecular weight is 358 g/mol. The van der Waals surface area contributed by atoms with Crippen LogP contribution in [0.3, 0.4) is 0 Å². The van der Waals surface area contributed by atoms with Gasteiger partial charge >= 0.3 is 0 Å². The molecule has 0 bridgehead atoms. The molecule has 1 saturated heterocycles. The highest BCUT2D eigenvalue weighted by atomic mass is 32.2. The Morgan fingerprint density at radius 3 is 2.08 bits per heavy atom. The van der Waals surface area contributed by atoms with Crippen molar-refractivity contribution < 1.29 is 13.2 Å². The average Bonchev–Trinajstić information content (AvgIpc) is 2.96. The number of para-hydroxylation sites is 2. The van der Waals surface area contributed by atoms with E-state index in [9.17, 15) is 13.2 Å². The number of benzene rings is 2. The normalized spacial score (nSPS) is 18.7. The Labute approximate surface area is 148 Å². The fourth-order valence-electron chi connectivity index (χ4n) is 3.18. The Balaban J connectivity index is 1.83. The molecule has 6 heteroatoms. The van der Waals surface area contributed by atoms with Crippen molar-refractivity contribution in [3.63, 3.8) is 0 Å². The van der Waals surface area contributed by atoms with Crippen molar-refractivity contribution in [2.24, 2.45) is 0 Å². The zero-order valence-corrected chi connectivity index (χ0v) is 15.0. The number of likely N-dealkylation sites (N-methyl/N-ethyl adjacent to an activating group) is 1. The number of hydrogen-bond acceptors (Lipinski definition) is 4. The van der Waals surface area contributed by atoms with Gasteiger partial charge in [-0.1, -0.05) is 36.4 Å². The van der Waals surface area contributed by atoms with Gasteiger partial charge in [0.1, 0.15) is 0 Å². The molecule has 1 fully saturated rings. The first kappa shape index (κ1) is 17.5. The van der Waals surface area contributed by atoms with Crippen molar-refractivity contribution in [1.82, 2.24) is 0 Å². The molecule has 0 spiro atoms. The predicted molar refractivity (Wildman–Crippen MR) is 101 cm³/mol. The van der Waals surface area contributed by atoms with Crippen LogP contribution in [0.5, 0.6) is 0 Å². The molecule has 0 saturated carbocycles. The number of amides is 1. The van der Waals surface area contributed by atoms with Crippen LogP contribution in [-0.4, -0.2) is 45.5 Å². The first-order chi connectivity index (χ1) is 12.0. The minimum Gasteiger partial charge on any atom is -0.365 e. The smallest absolute Gasteiger partial charge is 0.246 e. The maximum Gasteiger partial charge on any atom is 0.246 e. The van der Waals surface area contributed by atoms with E-state index in [4.69, 9.17) is 0 Å². The van der Waals surface area contributed by atoms with Gasteiger partial charge in [-0.05, 0) is 30.7 Å². The summed E-state index contributed by atoms with van der Waals surface area (Å²) in [6.07, 6.45) is 0.484. The molecule has 2 aromatic carbocycles. The van der Waals surface area contributed by atoms with E-state index in [1.165, 1.54) is 0 Å². The maximum atomic E-state index is 13.0. The lowest BCUT2D eigenvalue weighted by Crippen LogP contribution is -2.46. The van der Waals surface area contributed by atoms with Gasteiger partial charge < -0.3 is 9.80 Å². The van der Waals surface area contributed by atoms with Crippen LogP contribution in [0.1, 0.15) is 6.42 Å². The van der Waals surface area contributed by atoms with Gasteiger partial charge in [0.25, 0.3) is 0 Å². The van der Waals surface area contributed by atoms with Crippen molar-refractivity contribution in [2.45, 2.75) is 12.5 Å².